The Morgan fingerprint density at radius 1 is 1.07 bits per heavy atom. The van der Waals surface area contributed by atoms with E-state index in [-0.39, 0.29) is 0 Å². The SMILES string of the molecule is C=CCCCCCC(OC)C(OC(C)=O)C(C#CC#CCCC)OC(C)=O. The molecule has 5 nitrogen and oxygen atoms in total. The van der Waals surface area contributed by atoms with Crippen LogP contribution in [-0.4, -0.2) is 37.4 Å². The monoisotopic (exact) mass is 376 g/mol. The molecular weight excluding hydrogens is 344 g/mol. The molecule has 0 fully saturated rings. The summed E-state index contributed by atoms with van der Waals surface area (Å²) in [6.07, 6.45) is 5.96. The van der Waals surface area contributed by atoms with Gasteiger partial charge >= 0.3 is 11.9 Å². The molecule has 0 aromatic carbocycles. The zero-order valence-corrected chi connectivity index (χ0v) is 17.0. The van der Waals surface area contributed by atoms with Gasteiger partial charge in [0.25, 0.3) is 0 Å². The first-order valence-electron chi connectivity index (χ1n) is 9.42. The molecular formula is C22H32O5. The second kappa shape index (κ2) is 16.0. The van der Waals surface area contributed by atoms with Crippen molar-refractivity contribution in [3.05, 3.63) is 12.7 Å². The predicted octanol–water partition coefficient (Wildman–Crippen LogP) is 3.81. The summed E-state index contributed by atoms with van der Waals surface area (Å²) in [6.45, 7) is 8.34. The van der Waals surface area contributed by atoms with E-state index in [1.54, 1.807) is 7.11 Å². The van der Waals surface area contributed by atoms with Crippen molar-refractivity contribution in [3.8, 4) is 23.7 Å². The molecule has 0 spiro atoms. The van der Waals surface area contributed by atoms with Crippen LogP contribution in [0.2, 0.25) is 0 Å². The lowest BCUT2D eigenvalue weighted by Gasteiger charge is -2.29. The lowest BCUT2D eigenvalue weighted by atomic mass is 10.0. The van der Waals surface area contributed by atoms with Gasteiger partial charge in [-0.2, -0.15) is 0 Å². The molecule has 3 atom stereocenters. The zero-order chi connectivity index (χ0) is 20.5. The molecule has 0 aliphatic heterocycles. The molecule has 0 aliphatic carbocycles. The van der Waals surface area contributed by atoms with Crippen LogP contribution in [0.25, 0.3) is 0 Å². The van der Waals surface area contributed by atoms with Gasteiger partial charge in [0, 0.05) is 27.4 Å². The smallest absolute Gasteiger partial charge is 0.304 e. The first-order chi connectivity index (χ1) is 13.0. The number of hydrogen-bond donors (Lipinski definition) is 0. The lowest BCUT2D eigenvalue weighted by molar-refractivity contribution is -0.171. The van der Waals surface area contributed by atoms with Crippen molar-refractivity contribution in [2.45, 2.75) is 84.0 Å². The number of methoxy groups -OCH3 is 1. The van der Waals surface area contributed by atoms with E-state index < -0.39 is 30.3 Å². The summed E-state index contributed by atoms with van der Waals surface area (Å²) in [4.78, 5) is 23.1. The van der Waals surface area contributed by atoms with E-state index in [4.69, 9.17) is 14.2 Å². The normalized spacial score (nSPS) is 13.0. The van der Waals surface area contributed by atoms with Crippen molar-refractivity contribution in [2.24, 2.45) is 0 Å². The van der Waals surface area contributed by atoms with Gasteiger partial charge in [-0.1, -0.05) is 31.8 Å². The Hall–Kier alpha value is -2.24. The molecule has 0 bridgehead atoms. The molecule has 0 radical (unpaired) electrons. The van der Waals surface area contributed by atoms with Crippen LogP contribution in [0.15, 0.2) is 12.7 Å². The molecule has 27 heavy (non-hydrogen) atoms. The predicted molar refractivity (Wildman–Crippen MR) is 106 cm³/mol. The number of allylic oxidation sites excluding steroid dienone is 1. The number of unbranched alkanes of at least 4 members (excludes halogenated alkanes) is 4. The Labute approximate surface area is 163 Å². The fourth-order valence-corrected chi connectivity index (χ4v) is 2.45. The molecule has 0 aliphatic rings. The summed E-state index contributed by atoms with van der Waals surface area (Å²) in [5, 5.41) is 0. The highest BCUT2D eigenvalue weighted by Gasteiger charge is 2.33. The van der Waals surface area contributed by atoms with Crippen molar-refractivity contribution >= 4 is 11.9 Å². The number of carbonyl (C=O) groups is 2. The summed E-state index contributed by atoms with van der Waals surface area (Å²) in [5.41, 5.74) is 0. The second-order valence-electron chi connectivity index (χ2n) is 6.13. The highest BCUT2D eigenvalue weighted by Crippen LogP contribution is 2.18. The summed E-state index contributed by atoms with van der Waals surface area (Å²) >= 11 is 0. The molecule has 0 heterocycles. The van der Waals surface area contributed by atoms with Crippen molar-refractivity contribution in [1.82, 2.24) is 0 Å². The molecule has 0 N–H and O–H groups in total. The minimum absolute atomic E-state index is 0.431. The van der Waals surface area contributed by atoms with Gasteiger partial charge < -0.3 is 14.2 Å². The zero-order valence-electron chi connectivity index (χ0n) is 17.0. The third-order valence-electron chi connectivity index (χ3n) is 3.70. The van der Waals surface area contributed by atoms with Crippen LogP contribution >= 0.6 is 0 Å². The topological polar surface area (TPSA) is 61.8 Å². The highest BCUT2D eigenvalue weighted by molar-refractivity contribution is 5.67. The molecule has 0 amide bonds. The molecule has 0 saturated heterocycles. The molecule has 150 valence electrons. The van der Waals surface area contributed by atoms with E-state index in [9.17, 15) is 9.59 Å². The minimum atomic E-state index is -0.930. The van der Waals surface area contributed by atoms with E-state index >= 15 is 0 Å². The van der Waals surface area contributed by atoms with Crippen molar-refractivity contribution in [3.63, 3.8) is 0 Å². The second-order valence-corrected chi connectivity index (χ2v) is 6.13. The first-order valence-corrected chi connectivity index (χ1v) is 9.42. The number of ether oxygens (including phenoxy) is 3. The summed E-state index contributed by atoms with van der Waals surface area (Å²) < 4.78 is 16.2. The van der Waals surface area contributed by atoms with Crippen LogP contribution in [-0.2, 0) is 23.8 Å². The van der Waals surface area contributed by atoms with Crippen LogP contribution in [0.5, 0.6) is 0 Å². The Kier molecular flexibility index (Phi) is 14.6. The van der Waals surface area contributed by atoms with E-state index in [0.717, 1.165) is 38.5 Å². The van der Waals surface area contributed by atoms with Crippen molar-refractivity contribution < 1.29 is 23.8 Å². The number of esters is 2. The fraction of sp³-hybridized carbons (Fsp3) is 0.636. The van der Waals surface area contributed by atoms with E-state index in [1.807, 2.05) is 13.0 Å². The highest BCUT2D eigenvalue weighted by atomic mass is 16.6. The summed E-state index contributed by atoms with van der Waals surface area (Å²) in [6, 6.07) is 0. The maximum atomic E-state index is 11.6. The van der Waals surface area contributed by atoms with Gasteiger partial charge in [-0.05, 0) is 43.4 Å². The van der Waals surface area contributed by atoms with E-state index in [0.29, 0.717) is 6.42 Å². The first kappa shape index (κ1) is 24.8. The van der Waals surface area contributed by atoms with Gasteiger partial charge in [-0.3, -0.25) is 9.59 Å². The largest absolute Gasteiger partial charge is 0.455 e. The van der Waals surface area contributed by atoms with Gasteiger partial charge in [0.1, 0.15) is 0 Å². The van der Waals surface area contributed by atoms with Crippen LogP contribution in [0.4, 0.5) is 0 Å². The third-order valence-corrected chi connectivity index (χ3v) is 3.70. The van der Waals surface area contributed by atoms with Crippen LogP contribution in [0, 0.1) is 23.7 Å². The van der Waals surface area contributed by atoms with Crippen LogP contribution < -0.4 is 0 Å². The Morgan fingerprint density at radius 2 is 1.78 bits per heavy atom. The Morgan fingerprint density at radius 3 is 2.33 bits per heavy atom. The van der Waals surface area contributed by atoms with Gasteiger partial charge in [-0.15, -0.1) is 6.58 Å². The maximum absolute atomic E-state index is 11.6. The van der Waals surface area contributed by atoms with Gasteiger partial charge in [0.15, 0.2) is 6.10 Å². The Balaban J connectivity index is 5.29. The average Bonchev–Trinajstić information content (AvgIpc) is 2.61. The average molecular weight is 376 g/mol. The number of rotatable bonds is 12. The maximum Gasteiger partial charge on any atom is 0.304 e. The van der Waals surface area contributed by atoms with Crippen LogP contribution in [0.1, 0.15) is 65.7 Å². The molecule has 0 aromatic rings. The van der Waals surface area contributed by atoms with Crippen molar-refractivity contribution in [2.75, 3.05) is 7.11 Å². The summed E-state index contributed by atoms with van der Waals surface area (Å²) in [5.74, 6) is 10.2. The van der Waals surface area contributed by atoms with Crippen molar-refractivity contribution in [1.29, 1.82) is 0 Å². The molecule has 5 heteroatoms. The van der Waals surface area contributed by atoms with E-state index in [2.05, 4.69) is 30.3 Å². The Bertz CT molecular complexity index is 573. The quantitative estimate of drug-likeness (QED) is 0.224. The standard InChI is InChI=1S/C22H32O5/c1-6-8-10-12-14-16-20(25-5)22(27-19(4)24)21(26-18(3)23)17-15-13-11-9-7-2/h6,20-22H,1,7-10,12,14,16H2,2-5H3. The molecule has 0 rings (SSSR count). The van der Waals surface area contributed by atoms with Gasteiger partial charge in [0.2, 0.25) is 6.10 Å². The van der Waals surface area contributed by atoms with Gasteiger partial charge in [0.05, 0.1) is 6.10 Å². The summed E-state index contributed by atoms with van der Waals surface area (Å²) in [7, 11) is 1.55. The molecule has 3 unspecified atom stereocenters. The van der Waals surface area contributed by atoms with Crippen LogP contribution in [0.3, 0.4) is 0 Å². The number of carbonyl (C=O) groups excluding carboxylic acids is 2. The molecule has 0 aromatic heterocycles. The van der Waals surface area contributed by atoms with E-state index in [1.165, 1.54) is 13.8 Å². The number of hydrogen-bond acceptors (Lipinski definition) is 5. The molecule has 0 saturated carbocycles. The lowest BCUT2D eigenvalue weighted by Crippen LogP contribution is -2.43. The van der Waals surface area contributed by atoms with Gasteiger partial charge in [-0.25, -0.2) is 0 Å². The minimum Gasteiger partial charge on any atom is -0.455 e. The third kappa shape index (κ3) is 12.7. The fourth-order valence-electron chi connectivity index (χ4n) is 2.45.